The molecule has 21 heavy (non-hydrogen) atoms. The molecule has 1 amide bonds. The maximum Gasteiger partial charge on any atom is 0.327 e. The lowest BCUT2D eigenvalue weighted by Gasteiger charge is -2.27. The topological polar surface area (TPSA) is 83.6 Å². The number of anilines is 1. The Morgan fingerprint density at radius 1 is 1.52 bits per heavy atom. The molecule has 0 radical (unpaired) electrons. The first kappa shape index (κ1) is 16.2. The quantitative estimate of drug-likeness (QED) is 0.793. The lowest BCUT2D eigenvalue weighted by Crippen LogP contribution is -2.45. The number of carboxylic acids is 1. The summed E-state index contributed by atoms with van der Waals surface area (Å²) >= 11 is 4.86. The number of hydrogen-bond donors (Lipinski definition) is 2. The summed E-state index contributed by atoms with van der Waals surface area (Å²) in [6.07, 6.45) is 1.67. The van der Waals surface area contributed by atoms with Gasteiger partial charge >= 0.3 is 5.97 Å². The van der Waals surface area contributed by atoms with Gasteiger partial charge in [0.15, 0.2) is 0 Å². The minimum atomic E-state index is -0.963. The number of nitrogens with two attached hydrogens (primary N) is 1. The van der Waals surface area contributed by atoms with E-state index >= 15 is 0 Å². The number of amides is 1. The van der Waals surface area contributed by atoms with Crippen molar-refractivity contribution in [2.45, 2.75) is 31.2 Å². The highest BCUT2D eigenvalue weighted by Gasteiger charge is 2.41. The number of carbonyl (C=O) groups is 2. The van der Waals surface area contributed by atoms with Gasteiger partial charge in [0.05, 0.1) is 10.9 Å². The SMILES string of the molecule is CCCC1SCC(C(=O)O)N1C(=O)c1cc(N)ccc1Br. The number of benzene rings is 1. The third-order valence-corrected chi connectivity index (χ3v) is 5.42. The van der Waals surface area contributed by atoms with Crippen molar-refractivity contribution in [2.75, 3.05) is 11.5 Å². The molecule has 1 aliphatic rings. The predicted octanol–water partition coefficient (Wildman–Crippen LogP) is 2.80. The van der Waals surface area contributed by atoms with Gasteiger partial charge in [-0.25, -0.2) is 4.79 Å². The van der Waals surface area contributed by atoms with Crippen molar-refractivity contribution >= 4 is 45.3 Å². The number of halogens is 1. The first-order valence-electron chi connectivity index (χ1n) is 6.67. The Labute approximate surface area is 136 Å². The summed E-state index contributed by atoms with van der Waals surface area (Å²) in [7, 11) is 0. The zero-order valence-electron chi connectivity index (χ0n) is 11.6. The van der Waals surface area contributed by atoms with Crippen LogP contribution in [0.25, 0.3) is 0 Å². The van der Waals surface area contributed by atoms with Gasteiger partial charge < -0.3 is 15.7 Å². The molecule has 0 bridgehead atoms. The molecule has 1 aliphatic heterocycles. The number of nitrogens with zero attached hydrogens (tertiary/aromatic N) is 1. The number of nitrogen functional groups attached to an aromatic ring is 1. The van der Waals surface area contributed by atoms with Crippen molar-refractivity contribution in [3.05, 3.63) is 28.2 Å². The largest absolute Gasteiger partial charge is 0.480 e. The molecular weight excluding hydrogens is 356 g/mol. The molecule has 2 rings (SSSR count). The van der Waals surface area contributed by atoms with Crippen molar-refractivity contribution in [3.63, 3.8) is 0 Å². The molecule has 0 spiro atoms. The maximum absolute atomic E-state index is 12.8. The number of carboxylic acid groups (broad SMARTS) is 1. The molecule has 1 fully saturated rings. The summed E-state index contributed by atoms with van der Waals surface area (Å²) in [5.41, 5.74) is 6.62. The Bertz CT molecular complexity index is 567. The Morgan fingerprint density at radius 2 is 2.24 bits per heavy atom. The Hall–Kier alpha value is -1.21. The van der Waals surface area contributed by atoms with Crippen LogP contribution in [0.1, 0.15) is 30.1 Å². The average molecular weight is 373 g/mol. The van der Waals surface area contributed by atoms with E-state index in [0.29, 0.717) is 21.5 Å². The van der Waals surface area contributed by atoms with Gasteiger partial charge in [-0.1, -0.05) is 13.3 Å². The van der Waals surface area contributed by atoms with Crippen molar-refractivity contribution < 1.29 is 14.7 Å². The molecule has 2 atom stereocenters. The number of rotatable bonds is 4. The molecule has 7 heteroatoms. The van der Waals surface area contributed by atoms with Crippen LogP contribution >= 0.6 is 27.7 Å². The summed E-state index contributed by atoms with van der Waals surface area (Å²) in [5.74, 6) is -0.828. The van der Waals surface area contributed by atoms with Crippen molar-refractivity contribution in [3.8, 4) is 0 Å². The van der Waals surface area contributed by atoms with Crippen LogP contribution in [0.2, 0.25) is 0 Å². The molecule has 1 heterocycles. The van der Waals surface area contributed by atoms with Crippen LogP contribution in [0.5, 0.6) is 0 Å². The second-order valence-corrected chi connectivity index (χ2v) is 6.95. The fourth-order valence-corrected chi connectivity index (χ4v) is 4.27. The maximum atomic E-state index is 12.8. The van der Waals surface area contributed by atoms with E-state index in [1.54, 1.807) is 18.2 Å². The van der Waals surface area contributed by atoms with Gasteiger partial charge in [0.1, 0.15) is 6.04 Å². The van der Waals surface area contributed by atoms with Crippen LogP contribution < -0.4 is 5.73 Å². The molecule has 1 aromatic carbocycles. The van der Waals surface area contributed by atoms with E-state index in [4.69, 9.17) is 5.73 Å². The highest BCUT2D eigenvalue weighted by atomic mass is 79.9. The smallest absolute Gasteiger partial charge is 0.327 e. The number of thioether (sulfide) groups is 1. The van der Waals surface area contributed by atoms with E-state index in [-0.39, 0.29) is 11.3 Å². The zero-order valence-corrected chi connectivity index (χ0v) is 14.0. The highest BCUT2D eigenvalue weighted by Crippen LogP contribution is 2.35. The van der Waals surface area contributed by atoms with Gasteiger partial charge in [-0.3, -0.25) is 4.79 Å². The molecule has 0 saturated carbocycles. The third kappa shape index (κ3) is 3.35. The molecule has 1 saturated heterocycles. The predicted molar refractivity (Wildman–Crippen MR) is 87.3 cm³/mol. The van der Waals surface area contributed by atoms with Crippen LogP contribution in [0.4, 0.5) is 5.69 Å². The summed E-state index contributed by atoms with van der Waals surface area (Å²) in [4.78, 5) is 25.7. The van der Waals surface area contributed by atoms with Gasteiger partial charge in [0, 0.05) is 15.9 Å². The van der Waals surface area contributed by atoms with E-state index < -0.39 is 12.0 Å². The molecule has 0 aromatic heterocycles. The molecule has 1 aromatic rings. The van der Waals surface area contributed by atoms with Crippen LogP contribution in [-0.2, 0) is 4.79 Å². The summed E-state index contributed by atoms with van der Waals surface area (Å²) < 4.78 is 0.623. The zero-order chi connectivity index (χ0) is 15.6. The fraction of sp³-hybridized carbons (Fsp3) is 0.429. The Kier molecular flexibility index (Phi) is 5.16. The lowest BCUT2D eigenvalue weighted by atomic mass is 10.1. The van der Waals surface area contributed by atoms with E-state index in [2.05, 4.69) is 15.9 Å². The van der Waals surface area contributed by atoms with E-state index in [1.165, 1.54) is 16.7 Å². The Balaban J connectivity index is 2.36. The first-order valence-corrected chi connectivity index (χ1v) is 8.52. The Morgan fingerprint density at radius 3 is 2.86 bits per heavy atom. The third-order valence-electron chi connectivity index (χ3n) is 3.37. The standard InChI is InChI=1S/C14H17BrN2O3S/c1-2-3-12-17(11(7-21-12)14(19)20)13(18)9-6-8(16)4-5-10(9)15/h4-6,11-12H,2-3,7,16H2,1H3,(H,19,20). The van der Waals surface area contributed by atoms with Crippen molar-refractivity contribution in [1.82, 2.24) is 4.90 Å². The molecule has 114 valence electrons. The normalized spacial score (nSPS) is 21.5. The number of carbonyl (C=O) groups excluding carboxylic acids is 1. The van der Waals surface area contributed by atoms with Crippen LogP contribution in [0, 0.1) is 0 Å². The second-order valence-electron chi connectivity index (χ2n) is 4.88. The second kappa shape index (κ2) is 6.70. The van der Waals surface area contributed by atoms with Gasteiger partial charge in [-0.15, -0.1) is 11.8 Å². The van der Waals surface area contributed by atoms with Crippen molar-refractivity contribution in [2.24, 2.45) is 0 Å². The molecular formula is C14H17BrN2O3S. The van der Waals surface area contributed by atoms with Crippen LogP contribution in [0.3, 0.4) is 0 Å². The summed E-state index contributed by atoms with van der Waals surface area (Å²) in [5, 5.41) is 9.25. The number of hydrogen-bond acceptors (Lipinski definition) is 4. The van der Waals surface area contributed by atoms with Gasteiger partial charge in [0.25, 0.3) is 5.91 Å². The van der Waals surface area contributed by atoms with Gasteiger partial charge in [-0.05, 0) is 40.5 Å². The molecule has 3 N–H and O–H groups in total. The van der Waals surface area contributed by atoms with E-state index in [0.717, 1.165) is 12.8 Å². The highest BCUT2D eigenvalue weighted by molar-refractivity contribution is 9.10. The van der Waals surface area contributed by atoms with Crippen LogP contribution in [-0.4, -0.2) is 39.1 Å². The van der Waals surface area contributed by atoms with E-state index in [1.807, 2.05) is 6.92 Å². The minimum Gasteiger partial charge on any atom is -0.480 e. The molecule has 2 unspecified atom stereocenters. The molecule has 5 nitrogen and oxygen atoms in total. The number of aliphatic carboxylic acids is 1. The monoisotopic (exact) mass is 372 g/mol. The summed E-state index contributed by atoms with van der Waals surface area (Å²) in [6.45, 7) is 2.02. The molecule has 0 aliphatic carbocycles. The van der Waals surface area contributed by atoms with E-state index in [9.17, 15) is 14.7 Å². The van der Waals surface area contributed by atoms with Gasteiger partial charge in [0.2, 0.25) is 0 Å². The lowest BCUT2D eigenvalue weighted by molar-refractivity contribution is -0.141. The van der Waals surface area contributed by atoms with Crippen LogP contribution in [0.15, 0.2) is 22.7 Å². The fourth-order valence-electron chi connectivity index (χ4n) is 2.34. The van der Waals surface area contributed by atoms with Gasteiger partial charge in [-0.2, -0.15) is 0 Å². The first-order chi connectivity index (χ1) is 9.95. The minimum absolute atomic E-state index is 0.100. The average Bonchev–Trinajstić information content (AvgIpc) is 2.85. The summed E-state index contributed by atoms with van der Waals surface area (Å²) in [6, 6.07) is 4.19. The van der Waals surface area contributed by atoms with Crippen molar-refractivity contribution in [1.29, 1.82) is 0 Å².